The smallest absolute Gasteiger partial charge is 0.0779 e. The van der Waals surface area contributed by atoms with Crippen molar-refractivity contribution in [2.24, 2.45) is 5.41 Å². The van der Waals surface area contributed by atoms with Crippen molar-refractivity contribution >= 4 is 23.2 Å². The number of likely N-dealkylation sites (N-methyl/N-ethyl adjacent to an activating group) is 1. The van der Waals surface area contributed by atoms with Gasteiger partial charge in [-0.1, -0.05) is 50.0 Å². The largest absolute Gasteiger partial charge is 0.376 e. The van der Waals surface area contributed by atoms with Crippen molar-refractivity contribution < 1.29 is 4.74 Å². The Hall–Kier alpha value is -0.280. The SMILES string of the molecule is CCOC(C(Cc1ccc(Cl)cc1Cl)NC)C(C)(C)C. The van der Waals surface area contributed by atoms with Crippen LogP contribution in [0, 0.1) is 5.41 Å². The summed E-state index contributed by atoms with van der Waals surface area (Å²) in [4.78, 5) is 0. The Morgan fingerprint density at radius 2 is 1.90 bits per heavy atom. The third-order valence-corrected chi connectivity index (χ3v) is 3.98. The second kappa shape index (κ2) is 7.65. The Kier molecular flexibility index (Phi) is 6.80. The summed E-state index contributed by atoms with van der Waals surface area (Å²) in [5.41, 5.74) is 1.15. The molecule has 2 atom stereocenters. The summed E-state index contributed by atoms with van der Waals surface area (Å²) in [7, 11) is 1.96. The summed E-state index contributed by atoms with van der Waals surface area (Å²) < 4.78 is 5.96. The highest BCUT2D eigenvalue weighted by atomic mass is 35.5. The van der Waals surface area contributed by atoms with Crippen LogP contribution in [-0.2, 0) is 11.2 Å². The summed E-state index contributed by atoms with van der Waals surface area (Å²) in [5, 5.41) is 4.74. The van der Waals surface area contributed by atoms with Gasteiger partial charge in [-0.2, -0.15) is 0 Å². The molecule has 1 aromatic rings. The first-order valence-electron chi connectivity index (χ1n) is 7.02. The first-order valence-corrected chi connectivity index (χ1v) is 7.78. The average Bonchev–Trinajstić information content (AvgIpc) is 2.34. The second-order valence-corrected chi connectivity index (χ2v) is 6.92. The standard InChI is InChI=1S/C16H25Cl2NO/c1-6-20-15(16(2,3)4)14(19-5)9-11-7-8-12(17)10-13(11)18/h7-8,10,14-15,19H,6,9H2,1-5H3. The maximum absolute atomic E-state index is 6.27. The number of nitrogens with one attached hydrogen (secondary N) is 1. The maximum atomic E-state index is 6.27. The van der Waals surface area contributed by atoms with E-state index >= 15 is 0 Å². The normalized spacial score (nSPS) is 15.2. The lowest BCUT2D eigenvalue weighted by Crippen LogP contribution is -2.48. The number of halogens is 2. The molecule has 0 aliphatic rings. The summed E-state index contributed by atoms with van der Waals surface area (Å²) in [6, 6.07) is 5.86. The molecule has 0 fully saturated rings. The van der Waals surface area contributed by atoms with Crippen LogP contribution in [0.2, 0.25) is 10.0 Å². The van der Waals surface area contributed by atoms with Crippen LogP contribution in [0.5, 0.6) is 0 Å². The van der Waals surface area contributed by atoms with E-state index in [1.165, 1.54) is 0 Å². The van der Waals surface area contributed by atoms with Crippen LogP contribution in [0.1, 0.15) is 33.3 Å². The highest BCUT2D eigenvalue weighted by molar-refractivity contribution is 6.35. The number of benzene rings is 1. The van der Waals surface area contributed by atoms with Gasteiger partial charge in [-0.25, -0.2) is 0 Å². The Balaban J connectivity index is 2.94. The molecule has 0 aliphatic heterocycles. The van der Waals surface area contributed by atoms with Gasteiger partial charge in [0.15, 0.2) is 0 Å². The van der Waals surface area contributed by atoms with Gasteiger partial charge in [-0.3, -0.25) is 0 Å². The van der Waals surface area contributed by atoms with Crippen molar-refractivity contribution in [3.63, 3.8) is 0 Å². The van der Waals surface area contributed by atoms with Gasteiger partial charge in [-0.05, 0) is 43.5 Å². The molecule has 0 aromatic heterocycles. The van der Waals surface area contributed by atoms with Gasteiger partial charge >= 0.3 is 0 Å². The Bertz CT molecular complexity index is 429. The van der Waals surface area contributed by atoms with Gasteiger partial charge in [-0.15, -0.1) is 0 Å². The van der Waals surface area contributed by atoms with E-state index in [9.17, 15) is 0 Å². The van der Waals surface area contributed by atoms with Gasteiger partial charge in [0, 0.05) is 22.7 Å². The maximum Gasteiger partial charge on any atom is 0.0779 e. The predicted octanol–water partition coefficient (Wildman–Crippen LogP) is 4.58. The fourth-order valence-electron chi connectivity index (χ4n) is 2.43. The van der Waals surface area contributed by atoms with Gasteiger partial charge in [0.25, 0.3) is 0 Å². The quantitative estimate of drug-likeness (QED) is 0.829. The van der Waals surface area contributed by atoms with E-state index in [2.05, 4.69) is 26.1 Å². The molecule has 0 radical (unpaired) electrons. The van der Waals surface area contributed by atoms with E-state index in [1.807, 2.05) is 26.1 Å². The average molecular weight is 318 g/mol. The molecule has 0 aliphatic carbocycles. The zero-order valence-corrected chi connectivity index (χ0v) is 14.5. The summed E-state index contributed by atoms with van der Waals surface area (Å²) in [5.74, 6) is 0. The number of hydrogen-bond donors (Lipinski definition) is 1. The van der Waals surface area contributed by atoms with Crippen molar-refractivity contribution in [3.05, 3.63) is 33.8 Å². The monoisotopic (exact) mass is 317 g/mol. The molecular formula is C16H25Cl2NO. The second-order valence-electron chi connectivity index (χ2n) is 6.08. The molecule has 20 heavy (non-hydrogen) atoms. The van der Waals surface area contributed by atoms with Crippen LogP contribution in [0.3, 0.4) is 0 Å². The molecular weight excluding hydrogens is 293 g/mol. The van der Waals surface area contributed by atoms with Crippen LogP contribution >= 0.6 is 23.2 Å². The predicted molar refractivity (Wildman–Crippen MR) is 87.9 cm³/mol. The van der Waals surface area contributed by atoms with Crippen LogP contribution < -0.4 is 5.32 Å². The molecule has 4 heteroatoms. The zero-order valence-electron chi connectivity index (χ0n) is 13.0. The lowest BCUT2D eigenvalue weighted by molar-refractivity contribution is -0.0340. The van der Waals surface area contributed by atoms with Crippen molar-refractivity contribution in [3.8, 4) is 0 Å². The van der Waals surface area contributed by atoms with Gasteiger partial charge < -0.3 is 10.1 Å². The topological polar surface area (TPSA) is 21.3 Å². The third kappa shape index (κ3) is 4.92. The van der Waals surface area contributed by atoms with Gasteiger partial charge in [0.2, 0.25) is 0 Å². The van der Waals surface area contributed by atoms with E-state index in [0.29, 0.717) is 16.7 Å². The lowest BCUT2D eigenvalue weighted by Gasteiger charge is -2.37. The van der Waals surface area contributed by atoms with Crippen LogP contribution in [0.4, 0.5) is 0 Å². The van der Waals surface area contributed by atoms with Crippen molar-refractivity contribution in [2.45, 2.75) is 46.3 Å². The fourth-order valence-corrected chi connectivity index (χ4v) is 2.92. The number of hydrogen-bond acceptors (Lipinski definition) is 2. The summed E-state index contributed by atoms with van der Waals surface area (Å²) >= 11 is 12.2. The molecule has 0 spiro atoms. The molecule has 0 bridgehead atoms. The van der Waals surface area contributed by atoms with Crippen LogP contribution in [0.15, 0.2) is 18.2 Å². The molecule has 0 saturated carbocycles. The van der Waals surface area contributed by atoms with Crippen molar-refractivity contribution in [2.75, 3.05) is 13.7 Å². The molecule has 1 N–H and O–H groups in total. The van der Waals surface area contributed by atoms with E-state index < -0.39 is 0 Å². The van der Waals surface area contributed by atoms with Gasteiger partial charge in [0.05, 0.1) is 6.10 Å². The minimum absolute atomic E-state index is 0.0581. The molecule has 0 heterocycles. The molecule has 1 rings (SSSR count). The number of rotatable bonds is 6. The van der Waals surface area contributed by atoms with E-state index in [0.717, 1.165) is 12.0 Å². The van der Waals surface area contributed by atoms with Crippen LogP contribution in [-0.4, -0.2) is 25.8 Å². The highest BCUT2D eigenvalue weighted by Crippen LogP contribution is 2.29. The lowest BCUT2D eigenvalue weighted by atomic mass is 9.82. The zero-order chi connectivity index (χ0) is 15.3. The Morgan fingerprint density at radius 3 is 2.35 bits per heavy atom. The fraction of sp³-hybridized carbons (Fsp3) is 0.625. The first kappa shape index (κ1) is 17.8. The Morgan fingerprint density at radius 1 is 1.25 bits per heavy atom. The molecule has 114 valence electrons. The molecule has 0 saturated heterocycles. The van der Waals surface area contributed by atoms with Crippen molar-refractivity contribution in [1.29, 1.82) is 0 Å². The van der Waals surface area contributed by atoms with E-state index in [1.54, 1.807) is 6.07 Å². The van der Waals surface area contributed by atoms with E-state index in [4.69, 9.17) is 27.9 Å². The van der Waals surface area contributed by atoms with E-state index in [-0.39, 0.29) is 17.6 Å². The third-order valence-electron chi connectivity index (χ3n) is 3.39. The molecule has 0 amide bonds. The number of ether oxygens (including phenoxy) is 1. The highest BCUT2D eigenvalue weighted by Gasteiger charge is 2.32. The molecule has 2 nitrogen and oxygen atoms in total. The van der Waals surface area contributed by atoms with Gasteiger partial charge in [0.1, 0.15) is 0 Å². The van der Waals surface area contributed by atoms with Crippen molar-refractivity contribution in [1.82, 2.24) is 5.32 Å². The van der Waals surface area contributed by atoms with Crippen LogP contribution in [0.25, 0.3) is 0 Å². The first-order chi connectivity index (χ1) is 9.29. The minimum Gasteiger partial charge on any atom is -0.376 e. The summed E-state index contributed by atoms with van der Waals surface area (Å²) in [6.45, 7) is 9.32. The minimum atomic E-state index is 0.0581. The molecule has 1 aromatic carbocycles. The Labute approximate surface area is 132 Å². The molecule has 2 unspecified atom stereocenters. The summed E-state index contributed by atoms with van der Waals surface area (Å²) in [6.07, 6.45) is 0.929.